The number of hydrogen-bond acceptors (Lipinski definition) is 4. The van der Waals surface area contributed by atoms with Crippen LogP contribution in [0.3, 0.4) is 0 Å². The molecule has 0 saturated carbocycles. The summed E-state index contributed by atoms with van der Waals surface area (Å²) in [5.41, 5.74) is 0.257. The van der Waals surface area contributed by atoms with Gasteiger partial charge in [0.15, 0.2) is 5.78 Å². The highest BCUT2D eigenvalue weighted by Gasteiger charge is 2.36. The number of hydrogen-bond donors (Lipinski definition) is 1. The van der Waals surface area contributed by atoms with Crippen molar-refractivity contribution in [2.75, 3.05) is 13.2 Å². The van der Waals surface area contributed by atoms with Crippen molar-refractivity contribution >= 4 is 5.78 Å². The fourth-order valence-corrected chi connectivity index (χ4v) is 3.13. The van der Waals surface area contributed by atoms with Crippen LogP contribution in [0.4, 0.5) is 13.2 Å². The number of morpholine rings is 1. The molecule has 3 rings (SSSR count). The van der Waals surface area contributed by atoms with Crippen LogP contribution in [0.1, 0.15) is 23.2 Å². The number of alkyl halides is 3. The molecule has 1 N–H and O–H groups in total. The Morgan fingerprint density at radius 3 is 2.55 bits per heavy atom. The topological polar surface area (TPSA) is 47.6 Å². The summed E-state index contributed by atoms with van der Waals surface area (Å²) in [4.78, 5) is 12.5. The molecule has 4 nitrogen and oxygen atoms in total. The molecule has 2 unspecified atom stereocenters. The number of rotatable bonds is 3. The van der Waals surface area contributed by atoms with E-state index in [1.54, 1.807) is 0 Å². The van der Waals surface area contributed by atoms with Crippen LogP contribution < -0.4 is 10.1 Å². The second kappa shape index (κ2) is 5.89. The zero-order chi connectivity index (χ0) is 15.7. The maximum atomic E-state index is 12.5. The van der Waals surface area contributed by atoms with Crippen molar-refractivity contribution in [1.82, 2.24) is 5.32 Å². The molecule has 120 valence electrons. The number of piperidine rings is 1. The quantitative estimate of drug-likeness (QED) is 0.871. The van der Waals surface area contributed by atoms with Crippen LogP contribution in [0.5, 0.6) is 5.75 Å². The van der Waals surface area contributed by atoms with Gasteiger partial charge in [-0.05, 0) is 25.0 Å². The molecule has 2 heterocycles. The highest BCUT2D eigenvalue weighted by atomic mass is 19.4. The smallest absolute Gasteiger partial charge is 0.406 e. The lowest BCUT2D eigenvalue weighted by Crippen LogP contribution is -2.55. The minimum Gasteiger partial charge on any atom is -0.406 e. The standard InChI is InChI=1S/C15H16F3NO3/c16-15(17,18)22-13-3-1-2-9(6-13)14(20)10-4-11-7-21-8-12(5-10)19-11/h1-3,6,10-12,19H,4-5,7-8H2. The van der Waals surface area contributed by atoms with Crippen LogP contribution in [-0.4, -0.2) is 37.4 Å². The van der Waals surface area contributed by atoms with Gasteiger partial charge in [0.05, 0.1) is 13.2 Å². The number of Topliss-reactive ketones (excluding diaryl/α,β-unsaturated/α-hetero) is 1. The second-order valence-electron chi connectivity index (χ2n) is 5.71. The van der Waals surface area contributed by atoms with Crippen LogP contribution in [0.15, 0.2) is 24.3 Å². The normalized spacial score (nSPS) is 28.2. The van der Waals surface area contributed by atoms with Gasteiger partial charge in [-0.25, -0.2) is 0 Å². The van der Waals surface area contributed by atoms with E-state index in [-0.39, 0.29) is 35.1 Å². The van der Waals surface area contributed by atoms with Gasteiger partial charge in [-0.2, -0.15) is 0 Å². The first-order chi connectivity index (χ1) is 10.4. The molecular formula is C15H16F3NO3. The summed E-state index contributed by atoms with van der Waals surface area (Å²) in [7, 11) is 0. The van der Waals surface area contributed by atoms with E-state index in [9.17, 15) is 18.0 Å². The molecule has 2 fully saturated rings. The summed E-state index contributed by atoms with van der Waals surface area (Å²) in [6.45, 7) is 1.13. The SMILES string of the molecule is O=C(c1cccc(OC(F)(F)F)c1)C1CC2COCC(C1)N2. The number of carbonyl (C=O) groups is 1. The first-order valence-electron chi connectivity index (χ1n) is 7.14. The fraction of sp³-hybridized carbons (Fsp3) is 0.533. The summed E-state index contributed by atoms with van der Waals surface area (Å²) < 4.78 is 46.1. The Labute approximate surface area is 125 Å². The monoisotopic (exact) mass is 315 g/mol. The molecule has 0 aliphatic carbocycles. The van der Waals surface area contributed by atoms with Crippen LogP contribution in [0, 0.1) is 5.92 Å². The predicted molar refractivity (Wildman–Crippen MR) is 71.7 cm³/mol. The van der Waals surface area contributed by atoms with Crippen molar-refractivity contribution in [2.24, 2.45) is 5.92 Å². The number of ether oxygens (including phenoxy) is 2. The van der Waals surface area contributed by atoms with E-state index in [0.717, 1.165) is 6.07 Å². The lowest BCUT2D eigenvalue weighted by molar-refractivity contribution is -0.274. The minimum atomic E-state index is -4.76. The van der Waals surface area contributed by atoms with E-state index in [0.29, 0.717) is 26.1 Å². The van der Waals surface area contributed by atoms with E-state index < -0.39 is 6.36 Å². The second-order valence-corrected chi connectivity index (χ2v) is 5.71. The molecule has 2 saturated heterocycles. The highest BCUT2D eigenvalue weighted by Crippen LogP contribution is 2.29. The molecule has 2 bridgehead atoms. The molecule has 0 radical (unpaired) electrons. The van der Waals surface area contributed by atoms with Crippen molar-refractivity contribution in [2.45, 2.75) is 31.3 Å². The number of halogens is 3. The van der Waals surface area contributed by atoms with Gasteiger partial charge in [0, 0.05) is 23.6 Å². The highest BCUT2D eigenvalue weighted by molar-refractivity contribution is 5.98. The number of fused-ring (bicyclic) bond motifs is 2. The average Bonchev–Trinajstić information content (AvgIpc) is 2.44. The zero-order valence-corrected chi connectivity index (χ0v) is 11.7. The van der Waals surface area contributed by atoms with E-state index in [2.05, 4.69) is 10.1 Å². The van der Waals surface area contributed by atoms with E-state index >= 15 is 0 Å². The summed E-state index contributed by atoms with van der Waals surface area (Å²) in [6, 6.07) is 5.55. The predicted octanol–water partition coefficient (Wildman–Crippen LogP) is 2.53. The van der Waals surface area contributed by atoms with Crippen LogP contribution in [0.25, 0.3) is 0 Å². The maximum absolute atomic E-state index is 12.5. The van der Waals surface area contributed by atoms with Crippen molar-refractivity contribution in [3.05, 3.63) is 29.8 Å². The van der Waals surface area contributed by atoms with Gasteiger partial charge >= 0.3 is 6.36 Å². The Kier molecular flexibility index (Phi) is 4.10. The van der Waals surface area contributed by atoms with Gasteiger partial charge in [0.2, 0.25) is 0 Å². The molecule has 2 aliphatic heterocycles. The molecule has 0 amide bonds. The first-order valence-corrected chi connectivity index (χ1v) is 7.14. The third kappa shape index (κ3) is 3.59. The number of ketones is 1. The Bertz CT molecular complexity index is 549. The van der Waals surface area contributed by atoms with Crippen molar-refractivity contribution in [1.29, 1.82) is 0 Å². The number of nitrogens with one attached hydrogen (secondary N) is 1. The minimum absolute atomic E-state index is 0.133. The molecule has 0 aromatic heterocycles. The molecular weight excluding hydrogens is 299 g/mol. The van der Waals surface area contributed by atoms with Crippen molar-refractivity contribution in [3.63, 3.8) is 0 Å². The van der Waals surface area contributed by atoms with Crippen molar-refractivity contribution < 1.29 is 27.4 Å². The Morgan fingerprint density at radius 1 is 1.23 bits per heavy atom. The Hall–Kier alpha value is -1.60. The van der Waals surface area contributed by atoms with Crippen LogP contribution >= 0.6 is 0 Å². The molecule has 1 aromatic rings. The molecule has 22 heavy (non-hydrogen) atoms. The van der Waals surface area contributed by atoms with Gasteiger partial charge in [0.25, 0.3) is 0 Å². The fourth-order valence-electron chi connectivity index (χ4n) is 3.13. The first kappa shape index (κ1) is 15.3. The Balaban J connectivity index is 1.73. The Morgan fingerprint density at radius 2 is 1.91 bits per heavy atom. The lowest BCUT2D eigenvalue weighted by atomic mass is 9.82. The number of benzene rings is 1. The maximum Gasteiger partial charge on any atom is 0.573 e. The van der Waals surface area contributed by atoms with Crippen molar-refractivity contribution in [3.8, 4) is 5.75 Å². The zero-order valence-electron chi connectivity index (χ0n) is 11.7. The van der Waals surface area contributed by atoms with Gasteiger partial charge in [-0.3, -0.25) is 4.79 Å². The van der Waals surface area contributed by atoms with Gasteiger partial charge in [-0.1, -0.05) is 12.1 Å². The summed E-state index contributed by atoms with van der Waals surface area (Å²) in [5, 5.41) is 3.38. The van der Waals surface area contributed by atoms with Gasteiger partial charge in [-0.15, -0.1) is 13.2 Å². The van der Waals surface area contributed by atoms with Gasteiger partial charge < -0.3 is 14.8 Å². The van der Waals surface area contributed by atoms with E-state index in [1.165, 1.54) is 18.2 Å². The number of carbonyl (C=O) groups excluding carboxylic acids is 1. The summed E-state index contributed by atoms with van der Waals surface area (Å²) in [5.74, 6) is -0.692. The lowest BCUT2D eigenvalue weighted by Gasteiger charge is -2.39. The molecule has 2 aliphatic rings. The largest absolute Gasteiger partial charge is 0.573 e. The third-order valence-corrected chi connectivity index (χ3v) is 3.97. The van der Waals surface area contributed by atoms with Gasteiger partial charge in [0.1, 0.15) is 5.75 Å². The molecule has 1 aromatic carbocycles. The third-order valence-electron chi connectivity index (χ3n) is 3.97. The van der Waals surface area contributed by atoms with E-state index in [4.69, 9.17) is 4.74 Å². The van der Waals surface area contributed by atoms with Crippen LogP contribution in [0.2, 0.25) is 0 Å². The van der Waals surface area contributed by atoms with Crippen LogP contribution in [-0.2, 0) is 4.74 Å². The average molecular weight is 315 g/mol. The molecule has 7 heteroatoms. The summed E-state index contributed by atoms with van der Waals surface area (Å²) >= 11 is 0. The molecule has 2 atom stereocenters. The molecule has 0 spiro atoms. The summed E-state index contributed by atoms with van der Waals surface area (Å²) in [6.07, 6.45) is -3.48. The van der Waals surface area contributed by atoms with E-state index in [1.807, 2.05) is 0 Å².